The molecule has 0 unspecified atom stereocenters. The van der Waals surface area contributed by atoms with Crippen molar-refractivity contribution in [3.8, 4) is 0 Å². The molecule has 0 bridgehead atoms. The first-order valence-electron chi connectivity index (χ1n) is 5.19. The van der Waals surface area contributed by atoms with Crippen LogP contribution in [-0.2, 0) is 10.0 Å². The van der Waals surface area contributed by atoms with Gasteiger partial charge in [-0.3, -0.25) is 9.71 Å². The second-order valence-corrected chi connectivity index (χ2v) is 5.32. The van der Waals surface area contributed by atoms with Gasteiger partial charge in [0.2, 0.25) is 10.0 Å². The van der Waals surface area contributed by atoms with Gasteiger partial charge < -0.3 is 5.32 Å². The zero-order valence-electron chi connectivity index (χ0n) is 9.31. The summed E-state index contributed by atoms with van der Waals surface area (Å²) in [6.45, 7) is 0.836. The molecule has 2 N–H and O–H groups in total. The second-order valence-electron chi connectivity index (χ2n) is 3.47. The van der Waals surface area contributed by atoms with Crippen molar-refractivity contribution in [1.29, 1.82) is 0 Å². The van der Waals surface area contributed by atoms with Crippen LogP contribution < -0.4 is 10.0 Å². The number of pyridine rings is 1. The molecule has 5 nitrogen and oxygen atoms in total. The largest absolute Gasteiger partial charge is 0.320 e. The zero-order valence-corrected chi connectivity index (χ0v) is 10.1. The Labute approximate surface area is 96.3 Å². The van der Waals surface area contributed by atoms with E-state index in [0.717, 1.165) is 13.0 Å². The maximum Gasteiger partial charge on any atom is 0.232 e. The van der Waals surface area contributed by atoms with Gasteiger partial charge in [0.25, 0.3) is 0 Å². The van der Waals surface area contributed by atoms with Gasteiger partial charge >= 0.3 is 0 Å². The highest BCUT2D eigenvalue weighted by Gasteiger charge is 2.09. The fourth-order valence-corrected chi connectivity index (χ4v) is 2.41. The minimum Gasteiger partial charge on any atom is -0.320 e. The van der Waals surface area contributed by atoms with Gasteiger partial charge in [0.1, 0.15) is 0 Å². The number of nitrogens with zero attached hydrogens (tertiary/aromatic N) is 1. The van der Waals surface area contributed by atoms with E-state index in [4.69, 9.17) is 0 Å². The van der Waals surface area contributed by atoms with Crippen molar-refractivity contribution in [3.05, 3.63) is 24.5 Å². The van der Waals surface area contributed by atoms with Crippen molar-refractivity contribution >= 4 is 15.7 Å². The van der Waals surface area contributed by atoms with Crippen LogP contribution in [0.25, 0.3) is 0 Å². The average molecular weight is 243 g/mol. The fourth-order valence-electron chi connectivity index (χ4n) is 1.25. The molecule has 16 heavy (non-hydrogen) atoms. The van der Waals surface area contributed by atoms with Gasteiger partial charge in [-0.05, 0) is 38.6 Å². The molecule has 0 saturated carbocycles. The van der Waals surface area contributed by atoms with Crippen molar-refractivity contribution in [2.24, 2.45) is 0 Å². The summed E-state index contributed by atoms with van der Waals surface area (Å²) in [6.07, 6.45) is 4.59. The zero-order chi connectivity index (χ0) is 11.9. The Balaban J connectivity index is 2.40. The minimum atomic E-state index is -3.23. The first kappa shape index (κ1) is 12.9. The molecule has 1 aromatic heterocycles. The van der Waals surface area contributed by atoms with Gasteiger partial charge in [-0.2, -0.15) is 0 Å². The third kappa shape index (κ3) is 5.09. The fraction of sp³-hybridized carbons (Fsp3) is 0.500. The Bertz CT molecular complexity index is 392. The van der Waals surface area contributed by atoms with Crippen molar-refractivity contribution in [1.82, 2.24) is 10.3 Å². The molecule has 0 spiro atoms. The first-order valence-corrected chi connectivity index (χ1v) is 6.84. The third-order valence-electron chi connectivity index (χ3n) is 2.02. The Hall–Kier alpha value is -1.14. The molecule has 0 aliphatic rings. The summed E-state index contributed by atoms with van der Waals surface area (Å²) in [7, 11) is -1.38. The topological polar surface area (TPSA) is 71.1 Å². The summed E-state index contributed by atoms with van der Waals surface area (Å²) in [5.41, 5.74) is 0.510. The molecule has 1 aromatic rings. The molecule has 6 heteroatoms. The molecular weight excluding hydrogens is 226 g/mol. The summed E-state index contributed by atoms with van der Waals surface area (Å²) in [4.78, 5) is 3.84. The van der Waals surface area contributed by atoms with Crippen LogP contribution >= 0.6 is 0 Å². The van der Waals surface area contributed by atoms with Crippen LogP contribution in [0, 0.1) is 0 Å². The van der Waals surface area contributed by atoms with Crippen molar-refractivity contribution in [2.75, 3.05) is 24.1 Å². The first-order chi connectivity index (χ1) is 7.64. The highest BCUT2D eigenvalue weighted by Crippen LogP contribution is 2.07. The summed E-state index contributed by atoms with van der Waals surface area (Å²) in [5, 5.41) is 2.98. The predicted octanol–water partition coefficient (Wildman–Crippen LogP) is 0.823. The molecular formula is C10H17N3O2S. The monoisotopic (exact) mass is 243 g/mol. The van der Waals surface area contributed by atoms with E-state index in [2.05, 4.69) is 15.0 Å². The molecule has 0 atom stereocenters. The van der Waals surface area contributed by atoms with Crippen LogP contribution in [0.4, 0.5) is 5.69 Å². The molecule has 0 saturated heterocycles. The van der Waals surface area contributed by atoms with Gasteiger partial charge in [-0.15, -0.1) is 0 Å². The van der Waals surface area contributed by atoms with E-state index in [-0.39, 0.29) is 5.75 Å². The number of aromatic nitrogens is 1. The molecule has 0 amide bonds. The highest BCUT2D eigenvalue weighted by atomic mass is 32.2. The van der Waals surface area contributed by atoms with Gasteiger partial charge in [0.05, 0.1) is 17.6 Å². The maximum atomic E-state index is 11.6. The number of hydrogen-bond acceptors (Lipinski definition) is 4. The quantitative estimate of drug-likeness (QED) is 0.696. The summed E-state index contributed by atoms with van der Waals surface area (Å²) in [6, 6.07) is 3.37. The van der Waals surface area contributed by atoms with Crippen LogP contribution in [0.2, 0.25) is 0 Å². The van der Waals surface area contributed by atoms with E-state index >= 15 is 0 Å². The highest BCUT2D eigenvalue weighted by molar-refractivity contribution is 7.92. The van der Waals surface area contributed by atoms with E-state index in [9.17, 15) is 8.42 Å². The lowest BCUT2D eigenvalue weighted by molar-refractivity contribution is 0.595. The van der Waals surface area contributed by atoms with E-state index in [1.807, 2.05) is 7.05 Å². The van der Waals surface area contributed by atoms with Crippen molar-refractivity contribution < 1.29 is 8.42 Å². The lowest BCUT2D eigenvalue weighted by atomic mass is 10.3. The van der Waals surface area contributed by atoms with E-state index in [0.29, 0.717) is 12.1 Å². The Morgan fingerprint density at radius 2 is 2.19 bits per heavy atom. The smallest absolute Gasteiger partial charge is 0.232 e. The predicted molar refractivity (Wildman–Crippen MR) is 64.8 cm³/mol. The van der Waals surface area contributed by atoms with E-state index in [1.165, 1.54) is 6.20 Å². The lowest BCUT2D eigenvalue weighted by Gasteiger charge is -2.06. The summed E-state index contributed by atoms with van der Waals surface area (Å²) in [5.74, 6) is 0.142. The van der Waals surface area contributed by atoms with E-state index in [1.54, 1.807) is 18.3 Å². The average Bonchev–Trinajstić information content (AvgIpc) is 2.25. The third-order valence-corrected chi connectivity index (χ3v) is 3.40. The molecule has 0 aromatic carbocycles. The SMILES string of the molecule is CNCCCCS(=O)(=O)Nc1cccnc1. The van der Waals surface area contributed by atoms with Crippen LogP contribution in [-0.4, -0.2) is 32.7 Å². The summed E-state index contributed by atoms with van der Waals surface area (Å²) < 4.78 is 25.7. The summed E-state index contributed by atoms with van der Waals surface area (Å²) >= 11 is 0. The van der Waals surface area contributed by atoms with Gasteiger partial charge in [0.15, 0.2) is 0 Å². The molecule has 0 radical (unpaired) electrons. The Morgan fingerprint density at radius 1 is 1.38 bits per heavy atom. The molecule has 0 fully saturated rings. The van der Waals surface area contributed by atoms with Gasteiger partial charge in [-0.1, -0.05) is 0 Å². The number of sulfonamides is 1. The van der Waals surface area contributed by atoms with Gasteiger partial charge in [0, 0.05) is 6.20 Å². The van der Waals surface area contributed by atoms with Crippen LogP contribution in [0.5, 0.6) is 0 Å². The second kappa shape index (κ2) is 6.44. The molecule has 0 aliphatic heterocycles. The normalized spacial score (nSPS) is 11.3. The molecule has 1 rings (SSSR count). The standard InChI is InChI=1S/C10H17N3O2S/c1-11-6-2-3-8-16(14,15)13-10-5-4-7-12-9-10/h4-5,7,9,11,13H,2-3,6,8H2,1H3. The number of nitrogens with one attached hydrogen (secondary N) is 2. The van der Waals surface area contributed by atoms with Gasteiger partial charge in [-0.25, -0.2) is 8.42 Å². The van der Waals surface area contributed by atoms with Crippen LogP contribution in [0.3, 0.4) is 0 Å². The Morgan fingerprint density at radius 3 is 2.81 bits per heavy atom. The van der Waals surface area contributed by atoms with Crippen molar-refractivity contribution in [3.63, 3.8) is 0 Å². The van der Waals surface area contributed by atoms with Crippen molar-refractivity contribution in [2.45, 2.75) is 12.8 Å². The number of anilines is 1. The molecule has 90 valence electrons. The maximum absolute atomic E-state index is 11.6. The van der Waals surface area contributed by atoms with Crippen LogP contribution in [0.15, 0.2) is 24.5 Å². The Kier molecular flexibility index (Phi) is 5.21. The van der Waals surface area contributed by atoms with E-state index < -0.39 is 10.0 Å². The number of hydrogen-bond donors (Lipinski definition) is 2. The molecule has 1 heterocycles. The number of unbranched alkanes of at least 4 members (excludes halogenated alkanes) is 1. The number of rotatable bonds is 7. The van der Waals surface area contributed by atoms with Crippen LogP contribution in [0.1, 0.15) is 12.8 Å². The minimum absolute atomic E-state index is 0.142. The molecule has 0 aliphatic carbocycles. The lowest BCUT2D eigenvalue weighted by Crippen LogP contribution is -2.18.